The lowest BCUT2D eigenvalue weighted by Crippen LogP contribution is -2.43. The zero-order chi connectivity index (χ0) is 21.7. The predicted octanol–water partition coefficient (Wildman–Crippen LogP) is 1.84. The van der Waals surface area contributed by atoms with Gasteiger partial charge in [-0.15, -0.1) is 0 Å². The molecule has 1 fully saturated rings. The Labute approximate surface area is 175 Å². The highest BCUT2D eigenvalue weighted by molar-refractivity contribution is 6.30. The summed E-state index contributed by atoms with van der Waals surface area (Å²) in [4.78, 5) is 49.4. The fourth-order valence-corrected chi connectivity index (χ4v) is 2.95. The lowest BCUT2D eigenvalue weighted by molar-refractivity contribution is -0.152. The lowest BCUT2D eigenvalue weighted by Gasteiger charge is -2.16. The van der Waals surface area contributed by atoms with E-state index in [1.807, 2.05) is 0 Å². The van der Waals surface area contributed by atoms with Crippen molar-refractivity contribution < 1.29 is 28.3 Å². The van der Waals surface area contributed by atoms with E-state index in [-0.39, 0.29) is 24.4 Å². The molecule has 2 N–H and O–H groups in total. The molecule has 10 heteroatoms. The molecule has 1 atom stereocenters. The number of carbonyl (C=O) groups is 4. The van der Waals surface area contributed by atoms with Crippen LogP contribution in [0.2, 0.25) is 5.02 Å². The van der Waals surface area contributed by atoms with Crippen LogP contribution < -0.4 is 15.8 Å². The number of carbonyl (C=O) groups excluding carboxylic acids is 4. The van der Waals surface area contributed by atoms with Crippen molar-refractivity contribution in [1.82, 2.24) is 10.9 Å². The van der Waals surface area contributed by atoms with E-state index in [0.29, 0.717) is 10.7 Å². The Kier molecular flexibility index (Phi) is 6.63. The number of halogens is 2. The van der Waals surface area contributed by atoms with Crippen molar-refractivity contribution in [2.45, 2.75) is 6.42 Å². The van der Waals surface area contributed by atoms with E-state index in [4.69, 9.17) is 16.3 Å². The molecule has 0 radical (unpaired) electrons. The Morgan fingerprint density at radius 3 is 2.40 bits per heavy atom. The van der Waals surface area contributed by atoms with E-state index in [2.05, 4.69) is 10.9 Å². The first-order valence-corrected chi connectivity index (χ1v) is 9.28. The van der Waals surface area contributed by atoms with Crippen molar-refractivity contribution >= 4 is 41.0 Å². The van der Waals surface area contributed by atoms with Crippen molar-refractivity contribution in [3.05, 3.63) is 64.9 Å². The summed E-state index contributed by atoms with van der Waals surface area (Å²) in [5.41, 5.74) is 5.07. The summed E-state index contributed by atoms with van der Waals surface area (Å²) in [7, 11) is 0. The Morgan fingerprint density at radius 1 is 1.07 bits per heavy atom. The zero-order valence-electron chi connectivity index (χ0n) is 15.6. The maximum absolute atomic E-state index is 13.0. The highest BCUT2D eigenvalue weighted by atomic mass is 35.5. The molecule has 2 aromatic carbocycles. The number of nitrogens with zero attached hydrogens (tertiary/aromatic N) is 1. The molecule has 3 amide bonds. The molecule has 156 valence electrons. The third-order valence-electron chi connectivity index (χ3n) is 4.36. The van der Waals surface area contributed by atoms with Gasteiger partial charge >= 0.3 is 5.97 Å². The molecule has 0 unspecified atom stereocenters. The number of benzene rings is 2. The second-order valence-corrected chi connectivity index (χ2v) is 6.94. The summed E-state index contributed by atoms with van der Waals surface area (Å²) in [5, 5.41) is 0.464. The van der Waals surface area contributed by atoms with E-state index >= 15 is 0 Å². The average molecular weight is 434 g/mol. The molecule has 0 saturated carbocycles. The fraction of sp³-hybridized carbons (Fsp3) is 0.200. The molecule has 1 saturated heterocycles. The first-order chi connectivity index (χ1) is 14.3. The molecule has 1 heterocycles. The van der Waals surface area contributed by atoms with Crippen LogP contribution in [0, 0.1) is 11.7 Å². The molecule has 8 nitrogen and oxygen atoms in total. The van der Waals surface area contributed by atoms with Crippen LogP contribution in [0.5, 0.6) is 0 Å². The molecular weight excluding hydrogens is 417 g/mol. The second-order valence-electron chi connectivity index (χ2n) is 6.50. The van der Waals surface area contributed by atoms with Crippen LogP contribution in [-0.2, 0) is 19.1 Å². The highest BCUT2D eigenvalue weighted by Gasteiger charge is 2.36. The smallest absolute Gasteiger partial charge is 0.311 e. The van der Waals surface area contributed by atoms with Gasteiger partial charge in [-0.3, -0.25) is 30.0 Å². The van der Waals surface area contributed by atoms with E-state index in [1.165, 1.54) is 53.4 Å². The third-order valence-corrected chi connectivity index (χ3v) is 4.62. The number of hydrogen-bond acceptors (Lipinski definition) is 5. The van der Waals surface area contributed by atoms with Crippen LogP contribution in [-0.4, -0.2) is 36.8 Å². The summed E-state index contributed by atoms with van der Waals surface area (Å²) < 4.78 is 18.0. The molecule has 0 bridgehead atoms. The Bertz CT molecular complexity index is 965. The topological polar surface area (TPSA) is 105 Å². The van der Waals surface area contributed by atoms with Gasteiger partial charge in [0.1, 0.15) is 5.82 Å². The van der Waals surface area contributed by atoms with Gasteiger partial charge in [-0.2, -0.15) is 0 Å². The van der Waals surface area contributed by atoms with Crippen molar-refractivity contribution in [2.24, 2.45) is 5.92 Å². The predicted molar refractivity (Wildman–Crippen MR) is 105 cm³/mol. The molecule has 1 aliphatic heterocycles. The summed E-state index contributed by atoms with van der Waals surface area (Å²) in [6, 6.07) is 11.3. The number of hydrazine groups is 1. The minimum atomic E-state index is -0.751. The first kappa shape index (κ1) is 21.3. The van der Waals surface area contributed by atoms with E-state index in [0.717, 1.165) is 0 Å². The number of nitrogens with one attached hydrogen (secondary N) is 2. The van der Waals surface area contributed by atoms with E-state index in [9.17, 15) is 23.6 Å². The maximum Gasteiger partial charge on any atom is 0.311 e. The third kappa shape index (κ3) is 5.32. The first-order valence-electron chi connectivity index (χ1n) is 8.91. The number of esters is 1. The van der Waals surface area contributed by atoms with Gasteiger partial charge in [-0.1, -0.05) is 11.6 Å². The van der Waals surface area contributed by atoms with Crippen LogP contribution in [0.3, 0.4) is 0 Å². The lowest BCUT2D eigenvalue weighted by atomic mass is 10.1. The van der Waals surface area contributed by atoms with Crippen LogP contribution in [0.4, 0.5) is 10.1 Å². The molecule has 3 rings (SSSR count). The van der Waals surface area contributed by atoms with Crippen LogP contribution in [0.15, 0.2) is 48.5 Å². The number of rotatable bonds is 5. The second kappa shape index (κ2) is 9.36. The van der Waals surface area contributed by atoms with Gasteiger partial charge in [0.05, 0.1) is 5.92 Å². The molecule has 0 aliphatic carbocycles. The van der Waals surface area contributed by atoms with Crippen molar-refractivity contribution in [1.29, 1.82) is 0 Å². The summed E-state index contributed by atoms with van der Waals surface area (Å²) >= 11 is 5.74. The summed E-state index contributed by atoms with van der Waals surface area (Å²) in [5.74, 6) is -3.52. The standard InChI is InChI=1S/C20H17ClFN3O5/c21-14-3-1-12(2-4-14)19(28)24-23-17(26)11-30-20(29)13-9-18(27)25(10-13)16-7-5-15(22)6-8-16/h1-8,13H,9-11H2,(H,23,26)(H,24,28)/t13-/m1/s1. The summed E-state index contributed by atoms with van der Waals surface area (Å²) in [6.45, 7) is -0.556. The summed E-state index contributed by atoms with van der Waals surface area (Å²) in [6.07, 6.45) is -0.0782. The largest absolute Gasteiger partial charge is 0.455 e. The van der Waals surface area contributed by atoms with Gasteiger partial charge in [0.2, 0.25) is 5.91 Å². The highest BCUT2D eigenvalue weighted by Crippen LogP contribution is 2.26. The Balaban J connectivity index is 1.44. The minimum absolute atomic E-state index is 0.0677. The monoisotopic (exact) mass is 433 g/mol. The van der Waals surface area contributed by atoms with Gasteiger partial charge in [0.25, 0.3) is 11.8 Å². The SMILES string of the molecule is O=C(COC(=O)[C@@H]1CC(=O)N(c2ccc(F)cc2)C1)NNC(=O)c1ccc(Cl)cc1. The van der Waals surface area contributed by atoms with Gasteiger partial charge in [0.15, 0.2) is 6.61 Å². The number of amides is 3. The molecule has 0 aromatic heterocycles. The normalized spacial score (nSPS) is 15.6. The Morgan fingerprint density at radius 2 is 1.73 bits per heavy atom. The van der Waals surface area contributed by atoms with Crippen LogP contribution >= 0.6 is 11.6 Å². The average Bonchev–Trinajstić information content (AvgIpc) is 3.13. The quantitative estimate of drug-likeness (QED) is 0.553. The Hall–Kier alpha value is -3.46. The zero-order valence-corrected chi connectivity index (χ0v) is 16.3. The van der Waals surface area contributed by atoms with Gasteiger partial charge < -0.3 is 9.64 Å². The van der Waals surface area contributed by atoms with Crippen molar-refractivity contribution in [2.75, 3.05) is 18.1 Å². The van der Waals surface area contributed by atoms with E-state index < -0.39 is 36.1 Å². The van der Waals surface area contributed by atoms with Crippen molar-refractivity contribution in [3.8, 4) is 0 Å². The number of ether oxygens (including phenoxy) is 1. The molecule has 2 aromatic rings. The van der Waals surface area contributed by atoms with Crippen LogP contribution in [0.25, 0.3) is 0 Å². The number of anilines is 1. The van der Waals surface area contributed by atoms with E-state index in [1.54, 1.807) is 0 Å². The number of hydrogen-bond donors (Lipinski definition) is 2. The van der Waals surface area contributed by atoms with Gasteiger partial charge in [-0.25, -0.2) is 4.39 Å². The van der Waals surface area contributed by atoms with Crippen molar-refractivity contribution in [3.63, 3.8) is 0 Å². The molecule has 30 heavy (non-hydrogen) atoms. The minimum Gasteiger partial charge on any atom is -0.455 e. The maximum atomic E-state index is 13.0. The van der Waals surface area contributed by atoms with Crippen LogP contribution in [0.1, 0.15) is 16.8 Å². The fourth-order valence-electron chi connectivity index (χ4n) is 2.83. The molecule has 1 aliphatic rings. The molecule has 0 spiro atoms. The molecular formula is C20H17ClFN3O5. The van der Waals surface area contributed by atoms with Gasteiger partial charge in [0, 0.05) is 29.2 Å². The van der Waals surface area contributed by atoms with Gasteiger partial charge in [-0.05, 0) is 48.5 Å².